The molecule has 90 valence electrons. The predicted octanol–water partition coefficient (Wildman–Crippen LogP) is 2.04. The lowest BCUT2D eigenvalue weighted by Gasteiger charge is -2.04. The average molecular weight is 239 g/mol. The molecule has 0 spiro atoms. The molecule has 0 aliphatic heterocycles. The maximum Gasteiger partial charge on any atom is 0.177 e. The first kappa shape index (κ1) is 10.7. The smallest absolute Gasteiger partial charge is 0.177 e. The molecule has 3 aromatic rings. The number of hydrogen-bond donors (Lipinski definition) is 1. The Morgan fingerprint density at radius 3 is 2.72 bits per heavy atom. The van der Waals surface area contributed by atoms with Gasteiger partial charge < -0.3 is 5.32 Å². The van der Waals surface area contributed by atoms with Crippen molar-refractivity contribution in [3.8, 4) is 0 Å². The maximum atomic E-state index is 4.40. The molecule has 2 heterocycles. The van der Waals surface area contributed by atoms with Crippen LogP contribution in [0.1, 0.15) is 11.5 Å². The van der Waals surface area contributed by atoms with Crippen molar-refractivity contribution in [3.05, 3.63) is 54.0 Å². The van der Waals surface area contributed by atoms with Crippen molar-refractivity contribution in [1.29, 1.82) is 0 Å². The molecule has 0 radical (unpaired) electrons. The average Bonchev–Trinajstić information content (AvgIpc) is 2.80. The first-order valence-electron chi connectivity index (χ1n) is 5.80. The van der Waals surface area contributed by atoms with E-state index in [0.29, 0.717) is 6.54 Å². The lowest BCUT2D eigenvalue weighted by molar-refractivity contribution is 0.812. The van der Waals surface area contributed by atoms with Gasteiger partial charge >= 0.3 is 0 Å². The summed E-state index contributed by atoms with van der Waals surface area (Å²) < 4.78 is 1.77. The summed E-state index contributed by atoms with van der Waals surface area (Å²) in [6, 6.07) is 13.9. The van der Waals surface area contributed by atoms with Gasteiger partial charge in [0, 0.05) is 5.69 Å². The Hall–Kier alpha value is -2.43. The third kappa shape index (κ3) is 2.02. The molecule has 0 bridgehead atoms. The van der Waals surface area contributed by atoms with Crippen molar-refractivity contribution in [3.63, 3.8) is 0 Å². The molecule has 0 saturated carbocycles. The van der Waals surface area contributed by atoms with E-state index in [1.165, 1.54) is 0 Å². The van der Waals surface area contributed by atoms with Gasteiger partial charge in [-0.15, -0.1) is 10.2 Å². The number of aromatic nitrogens is 4. The monoisotopic (exact) mass is 239 g/mol. The number of para-hydroxylation sites is 1. The molecule has 5 nitrogen and oxygen atoms in total. The quantitative estimate of drug-likeness (QED) is 0.760. The predicted molar refractivity (Wildman–Crippen MR) is 69.3 cm³/mol. The molecule has 0 aliphatic rings. The summed E-state index contributed by atoms with van der Waals surface area (Å²) in [5.41, 5.74) is 2.77. The minimum absolute atomic E-state index is 0.599. The van der Waals surface area contributed by atoms with Gasteiger partial charge in [-0.25, -0.2) is 0 Å². The molecule has 0 aliphatic carbocycles. The third-order valence-electron chi connectivity index (χ3n) is 2.69. The summed E-state index contributed by atoms with van der Waals surface area (Å²) in [5, 5.41) is 15.9. The zero-order valence-electron chi connectivity index (χ0n) is 10.0. The molecule has 1 aromatic carbocycles. The molecule has 0 saturated heterocycles. The molecule has 3 rings (SSSR count). The summed E-state index contributed by atoms with van der Waals surface area (Å²) >= 11 is 0. The number of anilines is 1. The molecule has 0 fully saturated rings. The van der Waals surface area contributed by atoms with Gasteiger partial charge in [0.25, 0.3) is 0 Å². The van der Waals surface area contributed by atoms with E-state index in [1.54, 1.807) is 4.52 Å². The van der Waals surface area contributed by atoms with Gasteiger partial charge in [0.2, 0.25) is 0 Å². The summed E-state index contributed by atoms with van der Waals surface area (Å²) in [6.45, 7) is 2.55. The van der Waals surface area contributed by atoms with Crippen LogP contribution in [0.25, 0.3) is 5.65 Å². The molecule has 0 atom stereocenters. The highest BCUT2D eigenvalue weighted by Gasteiger charge is 2.05. The van der Waals surface area contributed by atoms with E-state index in [0.717, 1.165) is 22.9 Å². The second kappa shape index (κ2) is 4.44. The van der Waals surface area contributed by atoms with E-state index in [4.69, 9.17) is 0 Å². The molecule has 1 N–H and O–H groups in total. The third-order valence-corrected chi connectivity index (χ3v) is 2.69. The zero-order valence-corrected chi connectivity index (χ0v) is 10.0. The van der Waals surface area contributed by atoms with Crippen LogP contribution in [0.2, 0.25) is 0 Å². The summed E-state index contributed by atoms with van der Waals surface area (Å²) in [6.07, 6.45) is 0. The van der Waals surface area contributed by atoms with Gasteiger partial charge in [0.1, 0.15) is 0 Å². The number of nitrogens with one attached hydrogen (secondary N) is 1. The highest BCUT2D eigenvalue weighted by Crippen LogP contribution is 2.08. The second-order valence-corrected chi connectivity index (χ2v) is 4.08. The van der Waals surface area contributed by atoms with Crippen molar-refractivity contribution < 1.29 is 0 Å². The number of benzene rings is 1. The van der Waals surface area contributed by atoms with E-state index >= 15 is 0 Å². The van der Waals surface area contributed by atoms with Crippen LogP contribution >= 0.6 is 0 Å². The largest absolute Gasteiger partial charge is 0.378 e. The highest BCUT2D eigenvalue weighted by atomic mass is 15.4. The topological polar surface area (TPSA) is 55.1 Å². The SMILES string of the molecule is Cc1ccc2nnc(CNc3ccccc3)n2n1. The van der Waals surface area contributed by atoms with Crippen molar-refractivity contribution in [2.24, 2.45) is 0 Å². The fraction of sp³-hybridized carbons (Fsp3) is 0.154. The van der Waals surface area contributed by atoms with Crippen LogP contribution in [0, 0.1) is 6.92 Å². The van der Waals surface area contributed by atoms with Crippen LogP contribution in [0.15, 0.2) is 42.5 Å². The van der Waals surface area contributed by atoms with Gasteiger partial charge in [0.05, 0.1) is 12.2 Å². The van der Waals surface area contributed by atoms with Crippen molar-refractivity contribution in [2.45, 2.75) is 13.5 Å². The molecule has 0 unspecified atom stereocenters. The van der Waals surface area contributed by atoms with E-state index in [2.05, 4.69) is 20.6 Å². The van der Waals surface area contributed by atoms with Gasteiger partial charge in [-0.2, -0.15) is 9.61 Å². The minimum atomic E-state index is 0.599. The second-order valence-electron chi connectivity index (χ2n) is 4.08. The Morgan fingerprint density at radius 2 is 1.89 bits per heavy atom. The van der Waals surface area contributed by atoms with Crippen molar-refractivity contribution in [2.75, 3.05) is 5.32 Å². The molecule has 2 aromatic heterocycles. The lowest BCUT2D eigenvalue weighted by atomic mass is 10.3. The van der Waals surface area contributed by atoms with Crippen molar-refractivity contribution in [1.82, 2.24) is 19.8 Å². The molecule has 0 amide bonds. The van der Waals surface area contributed by atoms with Gasteiger partial charge in [-0.05, 0) is 31.2 Å². The first-order valence-corrected chi connectivity index (χ1v) is 5.80. The maximum absolute atomic E-state index is 4.40. The number of hydrogen-bond acceptors (Lipinski definition) is 4. The first-order chi connectivity index (χ1) is 8.83. The summed E-state index contributed by atoms with van der Waals surface area (Å²) in [7, 11) is 0. The lowest BCUT2D eigenvalue weighted by Crippen LogP contribution is -2.06. The van der Waals surface area contributed by atoms with Crippen LogP contribution in [-0.2, 0) is 6.54 Å². The van der Waals surface area contributed by atoms with Crippen LogP contribution in [0.4, 0.5) is 5.69 Å². The molecular formula is C13H13N5. The number of fused-ring (bicyclic) bond motifs is 1. The van der Waals surface area contributed by atoms with Crippen molar-refractivity contribution >= 4 is 11.3 Å². The van der Waals surface area contributed by atoms with Crippen LogP contribution in [-0.4, -0.2) is 19.8 Å². The minimum Gasteiger partial charge on any atom is -0.378 e. The van der Waals surface area contributed by atoms with E-state index < -0.39 is 0 Å². The number of nitrogens with zero attached hydrogens (tertiary/aromatic N) is 4. The Morgan fingerprint density at radius 1 is 1.06 bits per heavy atom. The number of aryl methyl sites for hydroxylation is 1. The Kier molecular flexibility index (Phi) is 2.64. The Labute approximate surface area is 104 Å². The fourth-order valence-corrected chi connectivity index (χ4v) is 1.77. The van der Waals surface area contributed by atoms with E-state index in [1.807, 2.05) is 49.4 Å². The summed E-state index contributed by atoms with van der Waals surface area (Å²) in [5.74, 6) is 0.803. The molecule has 18 heavy (non-hydrogen) atoms. The highest BCUT2D eigenvalue weighted by molar-refractivity contribution is 5.43. The normalized spacial score (nSPS) is 10.7. The Balaban J connectivity index is 1.85. The van der Waals surface area contributed by atoms with Gasteiger partial charge in [-0.1, -0.05) is 18.2 Å². The van der Waals surface area contributed by atoms with Crippen LogP contribution < -0.4 is 5.32 Å². The van der Waals surface area contributed by atoms with E-state index in [9.17, 15) is 0 Å². The Bertz CT molecular complexity index is 659. The molecule has 5 heteroatoms. The zero-order chi connectivity index (χ0) is 12.4. The standard InChI is InChI=1S/C13H13N5/c1-10-7-8-12-15-16-13(18(12)17-10)9-14-11-5-3-2-4-6-11/h2-8,14H,9H2,1H3. The van der Waals surface area contributed by atoms with E-state index in [-0.39, 0.29) is 0 Å². The summed E-state index contributed by atoms with van der Waals surface area (Å²) in [4.78, 5) is 0. The number of rotatable bonds is 3. The van der Waals surface area contributed by atoms with Gasteiger partial charge in [-0.3, -0.25) is 0 Å². The van der Waals surface area contributed by atoms with Gasteiger partial charge in [0.15, 0.2) is 11.5 Å². The molecular weight excluding hydrogens is 226 g/mol. The van der Waals surface area contributed by atoms with Crippen LogP contribution in [0.3, 0.4) is 0 Å². The van der Waals surface area contributed by atoms with Crippen LogP contribution in [0.5, 0.6) is 0 Å². The fourth-order valence-electron chi connectivity index (χ4n) is 1.77.